The second-order valence-electron chi connectivity index (χ2n) is 7.61. The van der Waals surface area contributed by atoms with Crippen LogP contribution in [0.1, 0.15) is 29.8 Å². The topological polar surface area (TPSA) is 95.7 Å². The van der Waals surface area contributed by atoms with Gasteiger partial charge < -0.3 is 14.9 Å². The minimum Gasteiger partial charge on any atom is -0.396 e. The number of aliphatic hydroxyl groups is 1. The summed E-state index contributed by atoms with van der Waals surface area (Å²) >= 11 is 1.40. The van der Waals surface area contributed by atoms with Crippen LogP contribution < -0.4 is 5.32 Å². The molecule has 9 heteroatoms. The van der Waals surface area contributed by atoms with Gasteiger partial charge in [-0.3, -0.25) is 0 Å². The Morgan fingerprint density at radius 3 is 2.93 bits per heavy atom. The molecular formula is C18H25N3O4S2. The first-order valence-corrected chi connectivity index (χ1v) is 11.5. The lowest BCUT2D eigenvalue weighted by Crippen LogP contribution is -2.61. The highest BCUT2D eigenvalue weighted by atomic mass is 32.2. The molecule has 2 aromatic rings. The summed E-state index contributed by atoms with van der Waals surface area (Å²) in [7, 11) is -3.60. The van der Waals surface area contributed by atoms with Gasteiger partial charge in [-0.25, -0.2) is 8.42 Å². The van der Waals surface area contributed by atoms with Gasteiger partial charge in [-0.05, 0) is 45.7 Å². The highest BCUT2D eigenvalue weighted by molar-refractivity contribution is 7.89. The summed E-state index contributed by atoms with van der Waals surface area (Å²) in [6.07, 6.45) is 2.65. The Kier molecular flexibility index (Phi) is 4.92. The van der Waals surface area contributed by atoms with Gasteiger partial charge in [-0.2, -0.15) is 4.31 Å². The van der Waals surface area contributed by atoms with E-state index in [-0.39, 0.29) is 18.1 Å². The lowest BCUT2D eigenvalue weighted by atomic mass is 9.70. The Balaban J connectivity index is 1.62. The molecule has 0 aliphatic carbocycles. The van der Waals surface area contributed by atoms with E-state index < -0.39 is 10.0 Å². The second-order valence-corrected chi connectivity index (χ2v) is 10.8. The van der Waals surface area contributed by atoms with Crippen molar-refractivity contribution in [2.45, 2.75) is 44.0 Å². The van der Waals surface area contributed by atoms with E-state index in [1.54, 1.807) is 10.4 Å². The number of piperidine rings is 2. The zero-order chi connectivity index (χ0) is 19.2. The Bertz CT molecular complexity index is 936. The third kappa shape index (κ3) is 3.25. The number of fused-ring (bicyclic) bond motifs is 1. The van der Waals surface area contributed by atoms with Crippen molar-refractivity contribution in [2.75, 3.05) is 26.2 Å². The molecule has 2 fully saturated rings. The lowest BCUT2D eigenvalue weighted by molar-refractivity contribution is 0.00728. The summed E-state index contributed by atoms with van der Waals surface area (Å²) < 4.78 is 33.5. The second kappa shape index (κ2) is 6.97. The van der Waals surface area contributed by atoms with Crippen molar-refractivity contribution in [2.24, 2.45) is 5.41 Å². The van der Waals surface area contributed by atoms with Crippen LogP contribution in [0.15, 0.2) is 21.6 Å². The molecule has 0 amide bonds. The van der Waals surface area contributed by atoms with Gasteiger partial charge in [-0.15, -0.1) is 11.3 Å². The molecule has 0 spiro atoms. The first-order chi connectivity index (χ1) is 12.9. The quantitative estimate of drug-likeness (QED) is 0.800. The predicted octanol–water partition coefficient (Wildman–Crippen LogP) is 2.15. The Labute approximate surface area is 163 Å². The molecule has 4 rings (SSSR count). The van der Waals surface area contributed by atoms with E-state index in [2.05, 4.69) is 10.5 Å². The third-order valence-corrected chi connectivity index (χ3v) is 9.09. The van der Waals surface area contributed by atoms with Crippen molar-refractivity contribution in [3.8, 4) is 10.6 Å². The highest BCUT2D eigenvalue weighted by Crippen LogP contribution is 2.41. The average molecular weight is 412 g/mol. The molecule has 0 radical (unpaired) electrons. The Morgan fingerprint density at radius 2 is 2.22 bits per heavy atom. The molecule has 7 nitrogen and oxygen atoms in total. The Morgan fingerprint density at radius 1 is 1.41 bits per heavy atom. The van der Waals surface area contributed by atoms with Crippen LogP contribution in [-0.4, -0.2) is 55.3 Å². The van der Waals surface area contributed by atoms with Crippen molar-refractivity contribution in [3.05, 3.63) is 22.7 Å². The molecule has 2 saturated heterocycles. The number of nitrogens with zero attached hydrogens (tertiary/aromatic N) is 2. The molecule has 2 aliphatic rings. The van der Waals surface area contributed by atoms with Gasteiger partial charge in [-0.1, -0.05) is 5.16 Å². The lowest BCUT2D eigenvalue weighted by Gasteiger charge is -2.49. The number of aryl methyl sites for hydroxylation is 2. The summed E-state index contributed by atoms with van der Waals surface area (Å²) in [4.78, 5) is 1.85. The monoisotopic (exact) mass is 411 g/mol. The molecule has 2 aromatic heterocycles. The number of hydrogen-bond donors (Lipinski definition) is 2. The molecular weight excluding hydrogens is 386 g/mol. The summed E-state index contributed by atoms with van der Waals surface area (Å²) in [6.45, 7) is 5.47. The van der Waals surface area contributed by atoms with Gasteiger partial charge >= 0.3 is 0 Å². The van der Waals surface area contributed by atoms with Crippen LogP contribution in [0.5, 0.6) is 0 Å². The number of nitrogens with one attached hydrogen (secondary N) is 1. The largest absolute Gasteiger partial charge is 0.396 e. The van der Waals surface area contributed by atoms with Crippen molar-refractivity contribution >= 4 is 21.4 Å². The van der Waals surface area contributed by atoms with Gasteiger partial charge in [0.05, 0.1) is 22.1 Å². The van der Waals surface area contributed by atoms with Crippen LogP contribution in [0.25, 0.3) is 10.6 Å². The first-order valence-electron chi connectivity index (χ1n) is 9.24. The van der Waals surface area contributed by atoms with E-state index >= 15 is 0 Å². The molecule has 2 atom stereocenters. The van der Waals surface area contributed by atoms with Crippen LogP contribution in [0, 0.1) is 19.3 Å². The molecule has 0 aromatic carbocycles. The smallest absolute Gasteiger partial charge is 0.244 e. The van der Waals surface area contributed by atoms with Gasteiger partial charge in [0.2, 0.25) is 10.0 Å². The number of rotatable bonds is 4. The summed E-state index contributed by atoms with van der Waals surface area (Å²) in [5.74, 6) is 0.592. The third-order valence-electron chi connectivity index (χ3n) is 5.90. The Hall–Kier alpha value is -1.26. The number of thiophene rings is 1. The molecule has 2 N–H and O–H groups in total. The molecule has 0 bridgehead atoms. The number of sulfonamides is 1. The standard InChI is InChI=1S/C18H25N3O4S2/c1-12-8-14(25-20-12)15-9-16(13(2)26-15)27(23,24)21-7-5-18(11-22)4-3-6-19-17(18)10-21/h8-9,17,19,22H,3-7,10-11H2,1-2H3/t17-,18-/m1/s1. The van der Waals surface area contributed by atoms with Gasteiger partial charge in [0.1, 0.15) is 0 Å². The molecule has 4 heterocycles. The van der Waals surface area contributed by atoms with Crippen molar-refractivity contribution in [3.63, 3.8) is 0 Å². The van der Waals surface area contributed by atoms with Crippen LogP contribution >= 0.6 is 11.3 Å². The zero-order valence-electron chi connectivity index (χ0n) is 15.6. The van der Waals surface area contributed by atoms with Gasteiger partial charge in [0, 0.05) is 35.5 Å². The van der Waals surface area contributed by atoms with Crippen molar-refractivity contribution in [1.82, 2.24) is 14.8 Å². The first kappa shape index (κ1) is 19.1. The van der Waals surface area contributed by atoms with E-state index in [4.69, 9.17) is 4.52 Å². The molecule has 148 valence electrons. The zero-order valence-corrected chi connectivity index (χ0v) is 17.2. The fraction of sp³-hybridized carbons (Fsp3) is 0.611. The predicted molar refractivity (Wildman–Crippen MR) is 103 cm³/mol. The SMILES string of the molecule is Cc1cc(-c2cc(S(=O)(=O)N3CC[C@@]4(CO)CCCN[C@@H]4C3)c(C)s2)on1. The van der Waals surface area contributed by atoms with Crippen LogP contribution in [-0.2, 0) is 10.0 Å². The summed E-state index contributed by atoms with van der Waals surface area (Å²) in [6, 6.07) is 3.50. The minimum absolute atomic E-state index is 0.00453. The number of aromatic nitrogens is 1. The van der Waals surface area contributed by atoms with Gasteiger partial charge in [0.15, 0.2) is 5.76 Å². The molecule has 27 heavy (non-hydrogen) atoms. The normalized spacial score (nSPS) is 26.9. The van der Waals surface area contributed by atoms with Crippen LogP contribution in [0.3, 0.4) is 0 Å². The van der Waals surface area contributed by atoms with E-state index in [0.717, 1.165) is 34.8 Å². The van der Waals surface area contributed by atoms with E-state index in [9.17, 15) is 13.5 Å². The average Bonchev–Trinajstić information content (AvgIpc) is 3.27. The molecule has 2 aliphatic heterocycles. The summed E-state index contributed by atoms with van der Waals surface area (Å²) in [5.41, 5.74) is 0.566. The maximum atomic E-state index is 13.3. The fourth-order valence-corrected chi connectivity index (χ4v) is 7.22. The summed E-state index contributed by atoms with van der Waals surface area (Å²) in [5, 5.41) is 17.2. The highest BCUT2D eigenvalue weighted by Gasteiger charge is 2.46. The molecule has 0 unspecified atom stereocenters. The van der Waals surface area contributed by atoms with Crippen molar-refractivity contribution in [1.29, 1.82) is 0 Å². The minimum atomic E-state index is -3.60. The number of aliphatic hydroxyl groups excluding tert-OH is 1. The van der Waals surface area contributed by atoms with Crippen LogP contribution in [0.4, 0.5) is 0 Å². The van der Waals surface area contributed by atoms with Crippen molar-refractivity contribution < 1.29 is 18.0 Å². The van der Waals surface area contributed by atoms with Crippen LogP contribution in [0.2, 0.25) is 0 Å². The van der Waals surface area contributed by atoms with E-state index in [1.165, 1.54) is 11.3 Å². The maximum Gasteiger partial charge on any atom is 0.244 e. The van der Waals surface area contributed by atoms with E-state index in [1.807, 2.05) is 19.9 Å². The van der Waals surface area contributed by atoms with Gasteiger partial charge in [0.25, 0.3) is 0 Å². The maximum absolute atomic E-state index is 13.3. The number of hydrogen-bond acceptors (Lipinski definition) is 7. The fourth-order valence-electron chi connectivity index (χ4n) is 4.26. The molecule has 0 saturated carbocycles. The van der Waals surface area contributed by atoms with E-state index in [0.29, 0.717) is 30.2 Å².